The molecule has 0 aliphatic carbocycles. The summed E-state index contributed by atoms with van der Waals surface area (Å²) in [5.74, 6) is -0.222. The maximum Gasteiger partial charge on any atom is 0.327 e. The molecular weight excluding hydrogens is 456 g/mol. The Hall–Kier alpha value is -2.60. The molecule has 4 atom stereocenters. The van der Waals surface area contributed by atoms with Gasteiger partial charge in [0, 0.05) is 30.7 Å². The van der Waals surface area contributed by atoms with E-state index in [-0.39, 0.29) is 17.6 Å². The molecule has 0 spiro atoms. The number of nitrogens with zero attached hydrogens (tertiary/aromatic N) is 3. The highest BCUT2D eigenvalue weighted by Gasteiger charge is 2.51. The SMILES string of the molecule is Cc1cc(NC(=O)CSC2NC(c3ccccc3Cl)NC3C2C(=O)N(C)C(=O)N3C)no1. The summed E-state index contributed by atoms with van der Waals surface area (Å²) in [6.07, 6.45) is -0.984. The monoisotopic (exact) mass is 478 g/mol. The van der Waals surface area contributed by atoms with E-state index in [4.69, 9.17) is 16.1 Å². The molecule has 1 aromatic heterocycles. The summed E-state index contributed by atoms with van der Waals surface area (Å²) >= 11 is 7.68. The van der Waals surface area contributed by atoms with Crippen molar-refractivity contribution in [3.63, 3.8) is 0 Å². The standard InChI is InChI=1S/C20H23ClN6O4S/c1-10-8-13(25-31-10)22-14(28)9-32-18-15-17(26(2)20(30)27(3)19(15)29)23-16(24-18)11-6-4-5-7-12(11)21/h4-8,15-18,23-24H,9H2,1-3H3,(H,22,25,28). The van der Waals surface area contributed by atoms with Crippen LogP contribution in [-0.4, -0.2) is 64.2 Å². The van der Waals surface area contributed by atoms with E-state index >= 15 is 0 Å². The van der Waals surface area contributed by atoms with Crippen LogP contribution in [0, 0.1) is 12.8 Å². The van der Waals surface area contributed by atoms with Crippen LogP contribution in [0.4, 0.5) is 10.6 Å². The first-order chi connectivity index (χ1) is 15.3. The zero-order chi connectivity index (χ0) is 23.0. The number of anilines is 1. The molecule has 2 aromatic rings. The highest BCUT2D eigenvalue weighted by atomic mass is 35.5. The predicted molar refractivity (Wildman–Crippen MR) is 120 cm³/mol. The van der Waals surface area contributed by atoms with Crippen LogP contribution in [0.15, 0.2) is 34.9 Å². The number of halogens is 1. The zero-order valence-corrected chi connectivity index (χ0v) is 19.2. The molecule has 0 saturated carbocycles. The van der Waals surface area contributed by atoms with Gasteiger partial charge >= 0.3 is 6.03 Å². The van der Waals surface area contributed by atoms with Crippen molar-refractivity contribution in [1.82, 2.24) is 25.6 Å². The molecule has 3 heterocycles. The minimum Gasteiger partial charge on any atom is -0.360 e. The molecular formula is C20H23ClN6O4S. The van der Waals surface area contributed by atoms with E-state index in [0.717, 1.165) is 10.5 Å². The van der Waals surface area contributed by atoms with E-state index < -0.39 is 29.7 Å². The van der Waals surface area contributed by atoms with Gasteiger partial charge in [-0.2, -0.15) is 0 Å². The van der Waals surface area contributed by atoms with Crippen LogP contribution < -0.4 is 16.0 Å². The summed E-state index contributed by atoms with van der Waals surface area (Å²) in [6.45, 7) is 1.73. The average molecular weight is 479 g/mol. The molecule has 4 rings (SSSR count). The van der Waals surface area contributed by atoms with Crippen LogP contribution in [0.2, 0.25) is 5.02 Å². The molecule has 2 fully saturated rings. The quantitative estimate of drug-likeness (QED) is 0.596. The van der Waals surface area contributed by atoms with Crippen LogP contribution in [0.25, 0.3) is 0 Å². The van der Waals surface area contributed by atoms with Gasteiger partial charge in [-0.1, -0.05) is 35.0 Å². The lowest BCUT2D eigenvalue weighted by Crippen LogP contribution is -2.72. The Kier molecular flexibility index (Phi) is 6.42. The second kappa shape index (κ2) is 9.10. The van der Waals surface area contributed by atoms with Gasteiger partial charge in [0.15, 0.2) is 5.82 Å². The molecule has 4 unspecified atom stereocenters. The van der Waals surface area contributed by atoms with Crippen molar-refractivity contribution in [2.45, 2.75) is 24.6 Å². The molecule has 1 aromatic carbocycles. The first-order valence-corrected chi connectivity index (χ1v) is 11.3. The number of rotatable bonds is 5. The third kappa shape index (κ3) is 4.33. The summed E-state index contributed by atoms with van der Waals surface area (Å²) in [5.41, 5.74) is 0.785. The molecule has 0 radical (unpaired) electrons. The number of aryl methyl sites for hydroxylation is 1. The number of imide groups is 1. The maximum atomic E-state index is 13.0. The minimum absolute atomic E-state index is 0.0662. The zero-order valence-electron chi connectivity index (χ0n) is 17.7. The molecule has 170 valence electrons. The van der Waals surface area contributed by atoms with Gasteiger partial charge < -0.3 is 14.7 Å². The van der Waals surface area contributed by atoms with Gasteiger partial charge in [0.1, 0.15) is 5.76 Å². The summed E-state index contributed by atoms with van der Waals surface area (Å²) in [5, 5.41) is 13.2. The molecule has 2 aliphatic rings. The van der Waals surface area contributed by atoms with Crippen LogP contribution in [0.5, 0.6) is 0 Å². The summed E-state index contributed by atoms with van der Waals surface area (Å²) < 4.78 is 4.96. The largest absolute Gasteiger partial charge is 0.360 e. The smallest absolute Gasteiger partial charge is 0.327 e. The van der Waals surface area contributed by atoms with E-state index in [0.29, 0.717) is 16.6 Å². The Morgan fingerprint density at radius 3 is 2.72 bits per heavy atom. The number of carbonyl (C=O) groups is 3. The van der Waals surface area contributed by atoms with E-state index in [1.165, 1.54) is 23.7 Å². The predicted octanol–water partition coefficient (Wildman–Crippen LogP) is 1.99. The topological polar surface area (TPSA) is 120 Å². The number of nitrogens with one attached hydrogen (secondary N) is 3. The van der Waals surface area contributed by atoms with Crippen molar-refractivity contribution in [2.75, 3.05) is 25.2 Å². The molecule has 2 saturated heterocycles. The first kappa shape index (κ1) is 22.6. The molecule has 32 heavy (non-hydrogen) atoms. The number of carbonyl (C=O) groups excluding carboxylic acids is 3. The molecule has 2 aliphatic heterocycles. The fourth-order valence-corrected chi connectivity index (χ4v) is 5.21. The van der Waals surface area contributed by atoms with E-state index in [1.54, 1.807) is 26.1 Å². The lowest BCUT2D eigenvalue weighted by atomic mass is 9.96. The summed E-state index contributed by atoms with van der Waals surface area (Å²) in [4.78, 5) is 40.6. The number of thioether (sulfide) groups is 1. The molecule has 3 N–H and O–H groups in total. The van der Waals surface area contributed by atoms with Crippen LogP contribution >= 0.6 is 23.4 Å². The third-order valence-electron chi connectivity index (χ3n) is 5.46. The van der Waals surface area contributed by atoms with Crippen molar-refractivity contribution in [1.29, 1.82) is 0 Å². The highest BCUT2D eigenvalue weighted by Crippen LogP contribution is 2.35. The third-order valence-corrected chi connectivity index (χ3v) is 7.02. The number of aromatic nitrogens is 1. The molecule has 0 bridgehead atoms. The Balaban J connectivity index is 1.55. The second-order valence-electron chi connectivity index (χ2n) is 7.65. The van der Waals surface area contributed by atoms with Crippen LogP contribution in [0.1, 0.15) is 17.5 Å². The van der Waals surface area contributed by atoms with Gasteiger partial charge in [0.25, 0.3) is 0 Å². The van der Waals surface area contributed by atoms with Gasteiger partial charge in [-0.3, -0.25) is 25.1 Å². The van der Waals surface area contributed by atoms with Gasteiger partial charge in [-0.15, -0.1) is 11.8 Å². The average Bonchev–Trinajstić information content (AvgIpc) is 3.18. The second-order valence-corrected chi connectivity index (χ2v) is 9.19. The van der Waals surface area contributed by atoms with E-state index in [2.05, 4.69) is 21.1 Å². The fourth-order valence-electron chi connectivity index (χ4n) is 3.86. The summed E-state index contributed by atoms with van der Waals surface area (Å²) in [7, 11) is 3.10. The number of fused-ring (bicyclic) bond motifs is 1. The van der Waals surface area contributed by atoms with Crippen molar-refractivity contribution in [3.05, 3.63) is 46.7 Å². The normalized spacial score (nSPS) is 25.6. The van der Waals surface area contributed by atoms with Crippen LogP contribution in [-0.2, 0) is 9.59 Å². The van der Waals surface area contributed by atoms with Crippen molar-refractivity contribution in [2.24, 2.45) is 5.92 Å². The lowest BCUT2D eigenvalue weighted by Gasteiger charge is -2.50. The fraction of sp³-hybridized carbons (Fsp3) is 0.400. The number of urea groups is 1. The Morgan fingerprint density at radius 2 is 2.03 bits per heavy atom. The van der Waals surface area contributed by atoms with E-state index in [9.17, 15) is 14.4 Å². The Labute approximate surface area is 194 Å². The molecule has 4 amide bonds. The number of amides is 4. The summed E-state index contributed by atoms with van der Waals surface area (Å²) in [6, 6.07) is 8.56. The van der Waals surface area contributed by atoms with Crippen molar-refractivity contribution < 1.29 is 18.9 Å². The van der Waals surface area contributed by atoms with Gasteiger partial charge in [0.2, 0.25) is 11.8 Å². The van der Waals surface area contributed by atoms with Gasteiger partial charge in [-0.25, -0.2) is 4.79 Å². The number of hydrogen-bond acceptors (Lipinski definition) is 8. The highest BCUT2D eigenvalue weighted by molar-refractivity contribution is 8.00. The Morgan fingerprint density at radius 1 is 1.28 bits per heavy atom. The van der Waals surface area contributed by atoms with Gasteiger partial charge in [-0.05, 0) is 13.0 Å². The maximum absolute atomic E-state index is 13.0. The van der Waals surface area contributed by atoms with Crippen molar-refractivity contribution in [3.8, 4) is 0 Å². The number of hydrogen-bond donors (Lipinski definition) is 3. The number of benzene rings is 1. The lowest BCUT2D eigenvalue weighted by molar-refractivity contribution is -0.140. The minimum atomic E-state index is -0.603. The Bertz CT molecular complexity index is 1050. The molecule has 12 heteroatoms. The molecule has 10 nitrogen and oxygen atoms in total. The van der Waals surface area contributed by atoms with Crippen molar-refractivity contribution >= 4 is 47.0 Å². The first-order valence-electron chi connectivity index (χ1n) is 9.92. The van der Waals surface area contributed by atoms with Gasteiger partial charge in [0.05, 0.1) is 29.4 Å². The van der Waals surface area contributed by atoms with Crippen LogP contribution in [0.3, 0.4) is 0 Å². The van der Waals surface area contributed by atoms with E-state index in [1.807, 2.05) is 18.2 Å².